The normalized spacial score (nSPS) is 16.5. The summed E-state index contributed by atoms with van der Waals surface area (Å²) in [6.07, 6.45) is -9.64. The zero-order valence-corrected chi connectivity index (χ0v) is 13.3. The van der Waals surface area contributed by atoms with Crippen molar-refractivity contribution >= 4 is 0 Å². The van der Waals surface area contributed by atoms with E-state index in [9.17, 15) is 26.3 Å². The topological polar surface area (TPSA) is 41.3 Å². The van der Waals surface area contributed by atoms with E-state index in [1.54, 1.807) is 0 Å². The van der Waals surface area contributed by atoms with Gasteiger partial charge in [-0.15, -0.1) is 0 Å². The molecule has 1 aliphatic rings. The summed E-state index contributed by atoms with van der Waals surface area (Å²) >= 11 is 0. The molecule has 0 saturated carbocycles. The summed E-state index contributed by atoms with van der Waals surface area (Å²) < 4.78 is 74.3. The Bertz CT molecular complexity index is 475. The second kappa shape index (κ2) is 8.68. The summed E-state index contributed by atoms with van der Waals surface area (Å²) in [6, 6.07) is 1.46. The number of rotatable bonds is 2. The van der Waals surface area contributed by atoms with Crippen molar-refractivity contribution in [3.63, 3.8) is 0 Å². The predicted octanol–water partition coefficient (Wildman–Crippen LogP) is 2.75. The molecule has 3 N–H and O–H groups in total. The van der Waals surface area contributed by atoms with Crippen LogP contribution in [0.5, 0.6) is 0 Å². The van der Waals surface area contributed by atoms with Crippen molar-refractivity contribution in [2.45, 2.75) is 18.8 Å². The molecule has 0 aliphatic carbocycles. The average molecular weight is 357 g/mol. The smallest absolute Gasteiger partial charge is 0.330 e. The zero-order valence-electron chi connectivity index (χ0n) is 13.3. The molecule has 0 atom stereocenters. The van der Waals surface area contributed by atoms with Gasteiger partial charge in [-0.2, -0.15) is 26.3 Å². The van der Waals surface area contributed by atoms with Gasteiger partial charge in [-0.3, -0.25) is 0 Å². The van der Waals surface area contributed by atoms with Crippen LogP contribution >= 0.6 is 0 Å². The maximum Gasteiger partial charge on any atom is 0.416 e. The molecular formula is C15H21F6N3. The molecule has 1 aromatic rings. The first kappa shape index (κ1) is 20.7. The number of benzene rings is 1. The summed E-state index contributed by atoms with van der Waals surface area (Å²) in [5, 5.41) is 3.27. The molecule has 0 amide bonds. The molecule has 138 valence electrons. The van der Waals surface area contributed by atoms with Gasteiger partial charge in [-0.25, -0.2) is 0 Å². The molecule has 3 nitrogen and oxygen atoms in total. The maximum absolute atomic E-state index is 12.4. The van der Waals surface area contributed by atoms with Crippen molar-refractivity contribution in [1.82, 2.24) is 10.2 Å². The minimum absolute atomic E-state index is 0.0153. The van der Waals surface area contributed by atoms with Crippen LogP contribution in [0.2, 0.25) is 0 Å². The molecule has 1 heterocycles. The van der Waals surface area contributed by atoms with E-state index in [4.69, 9.17) is 5.73 Å². The van der Waals surface area contributed by atoms with Crippen LogP contribution in [0.25, 0.3) is 0 Å². The lowest BCUT2D eigenvalue weighted by atomic mass is 10.0. The molecule has 0 aromatic heterocycles. The largest absolute Gasteiger partial charge is 0.416 e. The van der Waals surface area contributed by atoms with E-state index in [0.717, 1.165) is 13.1 Å². The Morgan fingerprint density at radius 1 is 0.958 bits per heavy atom. The van der Waals surface area contributed by atoms with Crippen LogP contribution in [0, 0.1) is 0 Å². The Morgan fingerprint density at radius 3 is 1.71 bits per heavy atom. The SMILES string of the molecule is CN1CCNCC1.NCCc1cc(C(F)(F)F)cc(C(F)(F)F)c1. The first-order valence-electron chi connectivity index (χ1n) is 7.41. The molecule has 24 heavy (non-hydrogen) atoms. The Labute approximate surface area is 136 Å². The third-order valence-corrected chi connectivity index (χ3v) is 3.42. The van der Waals surface area contributed by atoms with E-state index in [1.165, 1.54) is 13.1 Å². The van der Waals surface area contributed by atoms with E-state index in [0.29, 0.717) is 12.1 Å². The maximum atomic E-state index is 12.4. The molecule has 0 unspecified atom stereocenters. The minimum Gasteiger partial charge on any atom is -0.330 e. The van der Waals surface area contributed by atoms with Crippen molar-refractivity contribution in [2.24, 2.45) is 5.73 Å². The molecule has 0 bridgehead atoms. The van der Waals surface area contributed by atoms with Gasteiger partial charge in [-0.05, 0) is 43.8 Å². The lowest BCUT2D eigenvalue weighted by molar-refractivity contribution is -0.143. The first-order chi connectivity index (χ1) is 11.0. The van der Waals surface area contributed by atoms with E-state index >= 15 is 0 Å². The number of nitrogens with two attached hydrogens (primary N) is 1. The molecule has 1 aromatic carbocycles. The van der Waals surface area contributed by atoms with Gasteiger partial charge < -0.3 is 16.0 Å². The summed E-state index contributed by atoms with van der Waals surface area (Å²) in [7, 11) is 2.15. The Morgan fingerprint density at radius 2 is 1.42 bits per heavy atom. The zero-order chi connectivity index (χ0) is 18.4. The molecule has 0 radical (unpaired) electrons. The van der Waals surface area contributed by atoms with E-state index < -0.39 is 23.5 Å². The highest BCUT2D eigenvalue weighted by Crippen LogP contribution is 2.36. The van der Waals surface area contributed by atoms with E-state index in [1.807, 2.05) is 0 Å². The number of piperazine rings is 1. The minimum atomic E-state index is -4.80. The van der Waals surface area contributed by atoms with Crippen molar-refractivity contribution in [1.29, 1.82) is 0 Å². The van der Waals surface area contributed by atoms with Gasteiger partial charge in [0.2, 0.25) is 0 Å². The highest BCUT2D eigenvalue weighted by molar-refractivity contribution is 5.33. The Kier molecular flexibility index (Phi) is 7.50. The van der Waals surface area contributed by atoms with Gasteiger partial charge in [-0.1, -0.05) is 0 Å². The summed E-state index contributed by atoms with van der Waals surface area (Å²) in [5.41, 5.74) is 2.42. The predicted molar refractivity (Wildman–Crippen MR) is 79.6 cm³/mol. The van der Waals surface area contributed by atoms with Gasteiger partial charge in [0.05, 0.1) is 11.1 Å². The van der Waals surface area contributed by atoms with Crippen molar-refractivity contribution < 1.29 is 26.3 Å². The van der Waals surface area contributed by atoms with Gasteiger partial charge in [0, 0.05) is 26.2 Å². The first-order valence-corrected chi connectivity index (χ1v) is 7.41. The number of alkyl halides is 6. The van der Waals surface area contributed by atoms with Gasteiger partial charge >= 0.3 is 12.4 Å². The fraction of sp³-hybridized carbons (Fsp3) is 0.600. The summed E-state index contributed by atoms with van der Waals surface area (Å²) in [4.78, 5) is 2.33. The molecule has 2 rings (SSSR count). The number of hydrogen-bond acceptors (Lipinski definition) is 3. The van der Waals surface area contributed by atoms with Crippen molar-refractivity contribution in [3.8, 4) is 0 Å². The van der Waals surface area contributed by atoms with Gasteiger partial charge in [0.1, 0.15) is 0 Å². The van der Waals surface area contributed by atoms with Crippen LogP contribution < -0.4 is 11.1 Å². The number of hydrogen-bond donors (Lipinski definition) is 2. The van der Waals surface area contributed by atoms with Crippen LogP contribution in [-0.4, -0.2) is 44.7 Å². The molecule has 0 spiro atoms. The van der Waals surface area contributed by atoms with E-state index in [2.05, 4.69) is 17.3 Å². The second-order valence-corrected chi connectivity index (χ2v) is 5.51. The Balaban J connectivity index is 0.000000341. The monoisotopic (exact) mass is 357 g/mol. The third-order valence-electron chi connectivity index (χ3n) is 3.42. The van der Waals surface area contributed by atoms with Crippen LogP contribution in [-0.2, 0) is 18.8 Å². The summed E-state index contributed by atoms with van der Waals surface area (Å²) in [5.74, 6) is 0. The van der Waals surface area contributed by atoms with Crippen LogP contribution in [0.3, 0.4) is 0 Å². The number of nitrogens with zero attached hydrogens (tertiary/aromatic N) is 1. The highest BCUT2D eigenvalue weighted by atomic mass is 19.4. The second-order valence-electron chi connectivity index (χ2n) is 5.51. The highest BCUT2D eigenvalue weighted by Gasteiger charge is 2.36. The molecule has 1 saturated heterocycles. The number of nitrogens with one attached hydrogen (secondary N) is 1. The molecule has 1 fully saturated rings. The third kappa shape index (κ3) is 7.06. The average Bonchev–Trinajstić information content (AvgIpc) is 2.47. The van der Waals surface area contributed by atoms with Gasteiger partial charge in [0.15, 0.2) is 0 Å². The van der Waals surface area contributed by atoms with E-state index in [-0.39, 0.29) is 24.6 Å². The molecule has 1 aliphatic heterocycles. The standard InChI is InChI=1S/C10H9F6N.C5H12N2/c11-9(12,13)7-3-6(1-2-17)4-8(5-7)10(14,15)16;1-7-4-2-6-3-5-7/h3-5H,1-2,17H2;6H,2-5H2,1H3. The molecule has 9 heteroatoms. The lowest BCUT2D eigenvalue weighted by Gasteiger charge is -2.21. The number of likely N-dealkylation sites (N-methyl/N-ethyl adjacent to an activating group) is 1. The fourth-order valence-corrected chi connectivity index (χ4v) is 2.11. The van der Waals surface area contributed by atoms with Crippen molar-refractivity contribution in [3.05, 3.63) is 34.9 Å². The van der Waals surface area contributed by atoms with Crippen LogP contribution in [0.1, 0.15) is 16.7 Å². The quantitative estimate of drug-likeness (QED) is 0.800. The van der Waals surface area contributed by atoms with Crippen LogP contribution in [0.4, 0.5) is 26.3 Å². The van der Waals surface area contributed by atoms with Crippen molar-refractivity contribution in [2.75, 3.05) is 39.8 Å². The Hall–Kier alpha value is -1.32. The lowest BCUT2D eigenvalue weighted by Crippen LogP contribution is -2.40. The molecular weight excluding hydrogens is 336 g/mol. The summed E-state index contributed by atoms with van der Waals surface area (Å²) in [6.45, 7) is 4.73. The van der Waals surface area contributed by atoms with Crippen LogP contribution in [0.15, 0.2) is 18.2 Å². The number of halogens is 6. The van der Waals surface area contributed by atoms with Gasteiger partial charge in [0.25, 0.3) is 0 Å². The fourth-order valence-electron chi connectivity index (χ4n) is 2.11.